The van der Waals surface area contributed by atoms with Gasteiger partial charge < -0.3 is 10.2 Å². The van der Waals surface area contributed by atoms with Crippen LogP contribution < -0.4 is 9.79 Å². The average Bonchev–Trinajstić information content (AvgIpc) is 2.86. The fraction of sp³-hybridized carbons (Fsp3) is 0.346. The number of anilines is 2. The number of aromatic nitrogens is 2. The number of hydrogen-bond acceptors (Lipinski definition) is 8. The van der Waals surface area contributed by atoms with Gasteiger partial charge in [0, 0.05) is 24.2 Å². The van der Waals surface area contributed by atoms with E-state index in [1.807, 2.05) is 32.7 Å². The molecule has 0 aliphatic rings. The highest BCUT2D eigenvalue weighted by Crippen LogP contribution is 2.27. The zero-order valence-corrected chi connectivity index (χ0v) is 23.6. The Balaban J connectivity index is 1.91. The number of hydrogen-bond donors (Lipinski definition) is 1. The van der Waals surface area contributed by atoms with Crippen LogP contribution in [0.15, 0.2) is 53.6 Å². The normalized spacial score (nSPS) is 12.4. The van der Waals surface area contributed by atoms with Crippen molar-refractivity contribution >= 4 is 27.5 Å². The highest BCUT2D eigenvalue weighted by atomic mass is 32.2. The first-order valence-corrected chi connectivity index (χ1v) is 13.5. The summed E-state index contributed by atoms with van der Waals surface area (Å²) in [7, 11) is -3.21. The second kappa shape index (κ2) is 11.9. The van der Waals surface area contributed by atoms with Crippen LogP contribution in [0.25, 0.3) is 0 Å². The number of pyridine rings is 2. The monoisotopic (exact) mass is 601 g/mol. The molecule has 0 aliphatic heterocycles. The van der Waals surface area contributed by atoms with Crippen LogP contribution in [0.4, 0.5) is 33.5 Å². The van der Waals surface area contributed by atoms with Gasteiger partial charge in [0.05, 0.1) is 11.4 Å². The van der Waals surface area contributed by atoms with Gasteiger partial charge in [0.2, 0.25) is 5.95 Å². The van der Waals surface area contributed by atoms with Crippen molar-refractivity contribution in [3.8, 4) is 0 Å². The number of nitrogens with one attached hydrogen (secondary N) is 1. The number of aryl methyl sites for hydroxylation is 1. The van der Waals surface area contributed by atoms with Crippen molar-refractivity contribution in [1.29, 1.82) is 0 Å². The van der Waals surface area contributed by atoms with Gasteiger partial charge in [0.25, 0.3) is 0 Å². The molecule has 2 aromatic heterocycles. The van der Waals surface area contributed by atoms with E-state index in [1.165, 1.54) is 19.1 Å². The van der Waals surface area contributed by atoms with Crippen LogP contribution in [-0.2, 0) is 32.7 Å². The molecule has 2 heterocycles. The van der Waals surface area contributed by atoms with Crippen LogP contribution in [0.3, 0.4) is 0 Å². The maximum atomic E-state index is 14.8. The van der Waals surface area contributed by atoms with Crippen LogP contribution in [0, 0.1) is 18.7 Å². The van der Waals surface area contributed by atoms with E-state index in [2.05, 4.69) is 20.1 Å². The number of benzene rings is 1. The highest BCUT2D eigenvalue weighted by Gasteiger charge is 2.45. The molecule has 15 heteroatoms. The average molecular weight is 602 g/mol. The molecule has 0 fully saturated rings. The van der Waals surface area contributed by atoms with Gasteiger partial charge in [-0.2, -0.15) is 31.0 Å². The molecule has 0 spiro atoms. The van der Waals surface area contributed by atoms with Gasteiger partial charge in [0.15, 0.2) is 10.8 Å². The Morgan fingerprint density at radius 3 is 2.24 bits per heavy atom. The van der Waals surface area contributed by atoms with E-state index >= 15 is 0 Å². The minimum absolute atomic E-state index is 0.0111. The van der Waals surface area contributed by atoms with Gasteiger partial charge in [-0.25, -0.2) is 14.2 Å². The van der Waals surface area contributed by atoms with E-state index in [0.717, 1.165) is 29.8 Å². The van der Waals surface area contributed by atoms with E-state index in [9.17, 15) is 35.2 Å². The quantitative estimate of drug-likeness (QED) is 0.205. The molecule has 1 aromatic carbocycles. The first kappa shape index (κ1) is 31.7. The van der Waals surface area contributed by atoms with Crippen molar-refractivity contribution < 1.29 is 40.0 Å². The third-order valence-corrected chi connectivity index (χ3v) is 7.51. The van der Waals surface area contributed by atoms with Crippen LogP contribution in [-0.4, -0.2) is 48.0 Å². The van der Waals surface area contributed by atoms with E-state index in [1.54, 1.807) is 12.1 Å². The molecule has 41 heavy (non-hydrogen) atoms. The third-order valence-electron chi connectivity index (χ3n) is 6.05. The van der Waals surface area contributed by atoms with Crippen LogP contribution >= 0.6 is 0 Å². The molecule has 222 valence electrons. The van der Waals surface area contributed by atoms with Gasteiger partial charge in [-0.3, -0.25) is 4.90 Å². The Hall–Kier alpha value is -3.85. The lowest BCUT2D eigenvalue weighted by Crippen LogP contribution is -2.39. The van der Waals surface area contributed by atoms with E-state index in [0.29, 0.717) is 17.8 Å². The Morgan fingerprint density at radius 2 is 1.66 bits per heavy atom. The number of carbonyl (C=O) groups excluding carboxylic acids is 1. The maximum absolute atomic E-state index is 14.8. The molecule has 9 nitrogen and oxygen atoms in total. The number of halogens is 5. The molecule has 0 saturated carbocycles. The summed E-state index contributed by atoms with van der Waals surface area (Å²) >= 11 is 0. The Bertz CT molecular complexity index is 1530. The van der Waals surface area contributed by atoms with Gasteiger partial charge in [-0.05, 0) is 70.6 Å². The number of alkyl halides is 3. The molecule has 0 atom stereocenters. The summed E-state index contributed by atoms with van der Waals surface area (Å²) in [5, 5.41) is 2.18. The zero-order chi connectivity index (χ0) is 30.8. The Morgan fingerprint density at radius 1 is 1.00 bits per heavy atom. The summed E-state index contributed by atoms with van der Waals surface area (Å²) in [5.74, 6) is -5.51. The van der Waals surface area contributed by atoms with E-state index in [4.69, 9.17) is 0 Å². The predicted octanol–water partition coefficient (Wildman–Crippen LogP) is 5.12. The summed E-state index contributed by atoms with van der Waals surface area (Å²) in [6.45, 7) is 7.92. The van der Waals surface area contributed by atoms with Crippen molar-refractivity contribution in [1.82, 2.24) is 14.9 Å². The lowest BCUT2D eigenvalue weighted by atomic mass is 10.0. The van der Waals surface area contributed by atoms with Crippen molar-refractivity contribution in [2.75, 3.05) is 16.8 Å². The molecule has 0 aliphatic carbocycles. The van der Waals surface area contributed by atoms with Crippen LogP contribution in [0.2, 0.25) is 0 Å². The molecular formula is C26H28F5N5O4S. The van der Waals surface area contributed by atoms with Gasteiger partial charge in [-0.15, -0.1) is 0 Å². The summed E-state index contributed by atoms with van der Waals surface area (Å²) in [6.07, 6.45) is -5.56. The Kier molecular flexibility index (Phi) is 9.23. The molecule has 0 unspecified atom stereocenters. The van der Waals surface area contributed by atoms with Crippen LogP contribution in [0.1, 0.15) is 37.6 Å². The second-order valence-electron chi connectivity index (χ2n) is 9.97. The maximum Gasteiger partial charge on any atom is 0.493 e. The molecule has 0 saturated heterocycles. The minimum atomic E-state index is -5.56. The van der Waals surface area contributed by atoms with Crippen molar-refractivity contribution in [2.24, 2.45) is 0 Å². The minimum Gasteiger partial charge on any atom is -0.379 e. The van der Waals surface area contributed by atoms with Crippen molar-refractivity contribution in [2.45, 2.75) is 57.5 Å². The van der Waals surface area contributed by atoms with Gasteiger partial charge >= 0.3 is 22.2 Å². The molecule has 0 radical (unpaired) electrons. The van der Waals surface area contributed by atoms with Crippen molar-refractivity contribution in [3.63, 3.8) is 0 Å². The number of sulfonamides is 1. The zero-order valence-electron chi connectivity index (χ0n) is 22.8. The first-order chi connectivity index (χ1) is 18.9. The highest BCUT2D eigenvalue weighted by molar-refractivity contribution is 7.92. The standard InChI is InChI=1S/C26H28F5N5O4S/c1-16-20(32-14-18-17(8-6-9-19(18)27)15-35(5)25(2,3)4)12-13-23(33-16)41(38,39)36(40-24(37)26(29,30)31)22-11-7-10-21(28)34-22/h6-13,32H,14-15H2,1-5H3. The molecular weight excluding hydrogens is 573 g/mol. The molecule has 0 bridgehead atoms. The number of nitrogens with zero attached hydrogens (tertiary/aromatic N) is 4. The lowest BCUT2D eigenvalue weighted by Gasteiger charge is -2.32. The van der Waals surface area contributed by atoms with E-state index < -0.39 is 49.2 Å². The summed E-state index contributed by atoms with van der Waals surface area (Å²) in [4.78, 5) is 24.8. The van der Waals surface area contributed by atoms with Gasteiger partial charge in [0.1, 0.15) is 5.82 Å². The smallest absolute Gasteiger partial charge is 0.379 e. The largest absolute Gasteiger partial charge is 0.493 e. The van der Waals surface area contributed by atoms with Crippen LogP contribution in [0.5, 0.6) is 0 Å². The summed E-state index contributed by atoms with van der Waals surface area (Å²) < 4.78 is 93.0. The second-order valence-corrected chi connectivity index (χ2v) is 11.7. The SMILES string of the molecule is Cc1nc(S(=O)(=O)N(OC(=O)C(F)(F)F)c2cccc(F)n2)ccc1NCc1c(F)cccc1CN(C)C(C)(C)C. The Labute approximate surface area is 234 Å². The molecule has 1 N–H and O–H groups in total. The predicted molar refractivity (Wildman–Crippen MR) is 140 cm³/mol. The van der Waals surface area contributed by atoms with Gasteiger partial charge in [-0.1, -0.05) is 22.7 Å². The molecule has 0 amide bonds. The topological polar surface area (TPSA) is 105 Å². The molecule has 3 aromatic rings. The van der Waals surface area contributed by atoms with E-state index in [-0.39, 0.29) is 17.8 Å². The molecule has 3 rings (SSSR count). The first-order valence-electron chi connectivity index (χ1n) is 12.1. The summed E-state index contributed by atoms with van der Waals surface area (Å²) in [5.41, 5.74) is 1.30. The summed E-state index contributed by atoms with van der Waals surface area (Å²) in [6, 6.07) is 9.51. The third kappa shape index (κ3) is 7.67. The number of rotatable bonds is 9. The van der Waals surface area contributed by atoms with Crippen molar-refractivity contribution in [3.05, 3.63) is 77.1 Å². The fourth-order valence-corrected chi connectivity index (χ4v) is 4.60. The lowest BCUT2D eigenvalue weighted by molar-refractivity contribution is -0.199. The fourth-order valence-electron chi connectivity index (χ4n) is 3.42. The number of carbonyl (C=O) groups is 1.